The minimum Gasteiger partial charge on any atom is -0.349 e. The van der Waals surface area contributed by atoms with Gasteiger partial charge in [-0.2, -0.15) is 0 Å². The lowest BCUT2D eigenvalue weighted by Gasteiger charge is -2.16. The van der Waals surface area contributed by atoms with Crippen LogP contribution in [0.4, 0.5) is 0 Å². The smallest absolute Gasteiger partial charge is 0.107 e. The van der Waals surface area contributed by atoms with Crippen molar-refractivity contribution in [1.82, 2.24) is 15.3 Å². The average molecular weight is 250 g/mol. The molecule has 0 radical (unpaired) electrons. The molecule has 1 heterocycles. The number of H-pyrrole nitrogens is 1. The van der Waals surface area contributed by atoms with E-state index in [-0.39, 0.29) is 6.04 Å². The standard InChI is InChI=1S/C13H16ClN3/c1-9-5-10(7-11(14)6-9)12(15-2)8-13-16-3-4-17-13/h3-7,12,15H,8H2,1-2H3,(H,16,17). The van der Waals surface area contributed by atoms with E-state index in [0.29, 0.717) is 0 Å². The van der Waals surface area contributed by atoms with Crippen molar-refractivity contribution in [2.45, 2.75) is 19.4 Å². The fourth-order valence-electron chi connectivity index (χ4n) is 1.96. The second-order valence-corrected chi connectivity index (χ2v) is 4.58. The van der Waals surface area contributed by atoms with E-state index in [1.165, 1.54) is 11.1 Å². The molecule has 1 unspecified atom stereocenters. The molecule has 90 valence electrons. The third kappa shape index (κ3) is 3.08. The van der Waals surface area contributed by atoms with E-state index in [2.05, 4.69) is 28.3 Å². The molecule has 0 saturated carbocycles. The highest BCUT2D eigenvalue weighted by molar-refractivity contribution is 6.30. The van der Waals surface area contributed by atoms with E-state index in [1.807, 2.05) is 25.4 Å². The molecule has 2 N–H and O–H groups in total. The highest BCUT2D eigenvalue weighted by Crippen LogP contribution is 2.22. The Morgan fingerprint density at radius 2 is 2.24 bits per heavy atom. The largest absolute Gasteiger partial charge is 0.349 e. The fraction of sp³-hybridized carbons (Fsp3) is 0.308. The second kappa shape index (κ2) is 5.34. The number of nitrogens with one attached hydrogen (secondary N) is 2. The Kier molecular flexibility index (Phi) is 3.82. The van der Waals surface area contributed by atoms with Gasteiger partial charge in [-0.25, -0.2) is 4.98 Å². The lowest BCUT2D eigenvalue weighted by molar-refractivity contribution is 0.578. The van der Waals surface area contributed by atoms with Crippen molar-refractivity contribution in [3.05, 3.63) is 52.6 Å². The van der Waals surface area contributed by atoms with Gasteiger partial charge in [0.05, 0.1) is 0 Å². The molecule has 2 rings (SSSR count). The van der Waals surface area contributed by atoms with Crippen LogP contribution in [-0.2, 0) is 6.42 Å². The predicted molar refractivity (Wildman–Crippen MR) is 70.3 cm³/mol. The summed E-state index contributed by atoms with van der Waals surface area (Å²) in [6, 6.07) is 6.33. The fourth-order valence-corrected chi connectivity index (χ4v) is 2.25. The number of halogens is 1. The third-order valence-corrected chi connectivity index (χ3v) is 2.99. The van der Waals surface area contributed by atoms with Crippen molar-refractivity contribution in [2.24, 2.45) is 0 Å². The summed E-state index contributed by atoms with van der Waals surface area (Å²) in [4.78, 5) is 7.36. The van der Waals surface area contributed by atoms with E-state index in [0.717, 1.165) is 17.3 Å². The van der Waals surface area contributed by atoms with Gasteiger partial charge in [-0.3, -0.25) is 0 Å². The number of nitrogens with zero attached hydrogens (tertiary/aromatic N) is 1. The van der Waals surface area contributed by atoms with Gasteiger partial charge in [0.2, 0.25) is 0 Å². The van der Waals surface area contributed by atoms with Gasteiger partial charge >= 0.3 is 0 Å². The molecule has 0 spiro atoms. The molecule has 0 aliphatic heterocycles. The van der Waals surface area contributed by atoms with Gasteiger partial charge < -0.3 is 10.3 Å². The van der Waals surface area contributed by atoms with Crippen molar-refractivity contribution in [3.8, 4) is 0 Å². The summed E-state index contributed by atoms with van der Waals surface area (Å²) in [6.07, 6.45) is 4.43. The van der Waals surface area contributed by atoms with Crippen molar-refractivity contribution in [2.75, 3.05) is 7.05 Å². The van der Waals surface area contributed by atoms with Crippen molar-refractivity contribution >= 4 is 11.6 Å². The van der Waals surface area contributed by atoms with E-state index in [9.17, 15) is 0 Å². The number of imidazole rings is 1. The normalized spacial score (nSPS) is 12.6. The monoisotopic (exact) mass is 249 g/mol. The van der Waals surface area contributed by atoms with Crippen molar-refractivity contribution in [1.29, 1.82) is 0 Å². The zero-order chi connectivity index (χ0) is 12.3. The lowest BCUT2D eigenvalue weighted by Crippen LogP contribution is -2.19. The molecule has 0 bridgehead atoms. The van der Waals surface area contributed by atoms with E-state index in [1.54, 1.807) is 6.20 Å². The molecule has 0 amide bonds. The Morgan fingerprint density at radius 1 is 1.41 bits per heavy atom. The first-order valence-corrected chi connectivity index (χ1v) is 5.99. The maximum Gasteiger partial charge on any atom is 0.107 e. The van der Waals surface area contributed by atoms with Gasteiger partial charge in [0.15, 0.2) is 0 Å². The molecule has 2 aromatic rings. The minimum atomic E-state index is 0.221. The molecule has 17 heavy (non-hydrogen) atoms. The number of aromatic amines is 1. The Labute approximate surface area is 106 Å². The third-order valence-electron chi connectivity index (χ3n) is 2.77. The van der Waals surface area contributed by atoms with Crippen LogP contribution in [0.25, 0.3) is 0 Å². The van der Waals surface area contributed by atoms with Crippen LogP contribution in [-0.4, -0.2) is 17.0 Å². The summed E-state index contributed by atoms with van der Waals surface area (Å²) in [7, 11) is 1.95. The number of aromatic nitrogens is 2. The first-order chi connectivity index (χ1) is 8.19. The van der Waals surface area contributed by atoms with Crippen LogP contribution in [0.5, 0.6) is 0 Å². The maximum atomic E-state index is 6.08. The van der Waals surface area contributed by atoms with E-state index >= 15 is 0 Å². The summed E-state index contributed by atoms with van der Waals surface area (Å²) >= 11 is 6.08. The first kappa shape index (κ1) is 12.1. The molecule has 3 nitrogen and oxygen atoms in total. The van der Waals surface area contributed by atoms with E-state index in [4.69, 9.17) is 11.6 Å². The number of rotatable bonds is 4. The zero-order valence-corrected chi connectivity index (χ0v) is 10.8. The van der Waals surface area contributed by atoms with Gasteiger partial charge in [-0.1, -0.05) is 17.7 Å². The van der Waals surface area contributed by atoms with Crippen LogP contribution in [0.15, 0.2) is 30.6 Å². The Morgan fingerprint density at radius 3 is 2.82 bits per heavy atom. The van der Waals surface area contributed by atoms with Crippen LogP contribution in [0.3, 0.4) is 0 Å². The molecule has 0 aliphatic carbocycles. The van der Waals surface area contributed by atoms with Crippen molar-refractivity contribution < 1.29 is 0 Å². The van der Waals surface area contributed by atoms with Crippen LogP contribution in [0, 0.1) is 6.92 Å². The molecule has 1 aromatic carbocycles. The Bertz CT molecular complexity index is 459. The van der Waals surface area contributed by atoms with E-state index < -0.39 is 0 Å². The molecule has 0 saturated heterocycles. The first-order valence-electron chi connectivity index (χ1n) is 5.61. The number of aryl methyl sites for hydroxylation is 1. The van der Waals surface area contributed by atoms with Gasteiger partial charge in [0.1, 0.15) is 5.82 Å². The highest BCUT2D eigenvalue weighted by Gasteiger charge is 2.12. The van der Waals surface area contributed by atoms with Gasteiger partial charge in [-0.15, -0.1) is 0 Å². The molecular weight excluding hydrogens is 234 g/mol. The topological polar surface area (TPSA) is 40.7 Å². The summed E-state index contributed by atoms with van der Waals surface area (Å²) in [5, 5.41) is 4.07. The Balaban J connectivity index is 2.22. The molecule has 4 heteroatoms. The number of hydrogen-bond acceptors (Lipinski definition) is 2. The quantitative estimate of drug-likeness (QED) is 0.875. The summed E-state index contributed by atoms with van der Waals surface area (Å²) < 4.78 is 0. The predicted octanol–water partition coefficient (Wildman–Crippen LogP) is 2.87. The van der Waals surface area contributed by atoms with Gasteiger partial charge in [0.25, 0.3) is 0 Å². The molecular formula is C13H16ClN3. The van der Waals surface area contributed by atoms with Crippen LogP contribution < -0.4 is 5.32 Å². The average Bonchev–Trinajstić information content (AvgIpc) is 2.77. The van der Waals surface area contributed by atoms with Crippen LogP contribution in [0.2, 0.25) is 5.02 Å². The zero-order valence-electron chi connectivity index (χ0n) is 10.00. The molecule has 1 atom stereocenters. The number of likely N-dealkylation sites (N-methyl/N-ethyl adjacent to an activating group) is 1. The highest BCUT2D eigenvalue weighted by atomic mass is 35.5. The van der Waals surface area contributed by atoms with Gasteiger partial charge in [-0.05, 0) is 37.2 Å². The molecule has 0 aliphatic rings. The number of hydrogen-bond donors (Lipinski definition) is 2. The summed E-state index contributed by atoms with van der Waals surface area (Å²) in [5.74, 6) is 0.974. The van der Waals surface area contributed by atoms with Crippen LogP contribution in [0.1, 0.15) is 23.0 Å². The Hall–Kier alpha value is -1.32. The second-order valence-electron chi connectivity index (χ2n) is 4.14. The number of benzene rings is 1. The van der Waals surface area contributed by atoms with Gasteiger partial charge in [0, 0.05) is 29.9 Å². The summed E-state index contributed by atoms with van der Waals surface area (Å²) in [5.41, 5.74) is 2.36. The molecule has 0 fully saturated rings. The maximum absolute atomic E-state index is 6.08. The van der Waals surface area contributed by atoms with Crippen molar-refractivity contribution in [3.63, 3.8) is 0 Å². The SMILES string of the molecule is CNC(Cc1ncc[nH]1)c1cc(C)cc(Cl)c1. The van der Waals surface area contributed by atoms with Crippen LogP contribution >= 0.6 is 11.6 Å². The molecule has 1 aromatic heterocycles. The minimum absolute atomic E-state index is 0.221. The lowest BCUT2D eigenvalue weighted by atomic mass is 10.0. The summed E-state index contributed by atoms with van der Waals surface area (Å²) in [6.45, 7) is 2.05.